The van der Waals surface area contributed by atoms with Crippen LogP contribution in [0, 0.1) is 13.8 Å². The van der Waals surface area contributed by atoms with Crippen LogP contribution >= 0.6 is 0 Å². The van der Waals surface area contributed by atoms with Crippen LogP contribution in [0.2, 0.25) is 0 Å². The molecule has 16 bridgehead atoms. The van der Waals surface area contributed by atoms with E-state index >= 15 is 0 Å². The molecule has 19 nitrogen and oxygen atoms in total. The number of fused-ring (bicyclic) bond motifs is 10. The highest BCUT2D eigenvalue weighted by atomic mass is 16.4. The quantitative estimate of drug-likeness (QED) is 0.0763. The number of allylic oxidation sites excluding steroid dienone is 14. The van der Waals surface area contributed by atoms with E-state index < -0.39 is 36.0 Å². The topological polar surface area (TPSA) is 307 Å². The summed E-state index contributed by atoms with van der Waals surface area (Å²) in [6.45, 7) is 22.8. The number of carbonyl (C=O) groups is 4. The average Bonchev–Trinajstić information content (AvgIpc) is 1.72. The first-order chi connectivity index (χ1) is 41.2. The number of aliphatic hydroxyl groups excluding tert-OH is 2. The molecule has 2 aromatic heterocycles. The number of hydrogen-bond acceptors (Lipinski definition) is 13. The molecular weight excluding hydrogens is 1100 g/mol. The third kappa shape index (κ3) is 11.7. The summed E-state index contributed by atoms with van der Waals surface area (Å²) in [6.07, 6.45) is 15.2. The highest BCUT2D eigenvalue weighted by Crippen LogP contribution is 2.40. The predicted molar refractivity (Wildman–Crippen MR) is 341 cm³/mol. The van der Waals surface area contributed by atoms with E-state index in [2.05, 4.69) is 29.1 Å². The molecule has 8 aliphatic rings. The number of aliphatic hydroxyl groups is 2. The molecule has 0 saturated carbocycles. The molecule has 0 fully saturated rings. The van der Waals surface area contributed by atoms with Crippen LogP contribution in [0.3, 0.4) is 0 Å². The summed E-state index contributed by atoms with van der Waals surface area (Å²) in [5.74, 6) is -3.68. The normalized spacial score (nSPS) is 19.5. The average molecular weight is 1170 g/mol. The Morgan fingerprint density at radius 1 is 0.391 bits per heavy atom. The first kappa shape index (κ1) is 60.5. The minimum absolute atomic E-state index is 0.0918. The van der Waals surface area contributed by atoms with E-state index in [1.165, 1.54) is 0 Å². The molecule has 2 aromatic rings. The number of hydrogen-bond donors (Lipinski definition) is 9. The van der Waals surface area contributed by atoms with E-state index in [4.69, 9.17) is 30.0 Å². The van der Waals surface area contributed by atoms with Crippen LogP contribution < -0.4 is 26.5 Å². The van der Waals surface area contributed by atoms with Crippen molar-refractivity contribution in [3.63, 3.8) is 0 Å². The van der Waals surface area contributed by atoms with E-state index in [1.54, 1.807) is 13.8 Å². The number of aromatic amines is 2. The van der Waals surface area contributed by atoms with Crippen LogP contribution in [-0.4, -0.2) is 111 Å². The van der Waals surface area contributed by atoms with E-state index in [0.717, 1.165) is 78.0 Å². The van der Waals surface area contributed by atoms with Crippen molar-refractivity contribution in [1.82, 2.24) is 15.3 Å². The molecule has 0 aromatic carbocycles. The van der Waals surface area contributed by atoms with Crippen LogP contribution in [0.1, 0.15) is 143 Å². The molecular formula is C68H71N9O10. The summed E-state index contributed by atoms with van der Waals surface area (Å²) < 4.78 is 0. The van der Waals surface area contributed by atoms with Crippen molar-refractivity contribution in [1.29, 1.82) is 0 Å². The minimum atomic E-state index is -0.970. The largest absolute Gasteiger partial charge is 0.512 e. The van der Waals surface area contributed by atoms with Crippen molar-refractivity contribution >= 4 is 94.0 Å². The van der Waals surface area contributed by atoms with Crippen LogP contribution in [0.25, 0.3) is 35.8 Å². The van der Waals surface area contributed by atoms with Gasteiger partial charge in [0.25, 0.3) is 0 Å². The van der Waals surface area contributed by atoms with Gasteiger partial charge in [-0.25, -0.2) is 30.0 Å². The standard InChI is InChI=1S/C68H71N9O10/c1-29-41(13-17-61(80)81)53-27-55-43(15-19-63(84)85)31(3)47(72-55)23-57-65(33(5)51(74-57)25-59-67(39(11)78)35(7)49(76-59)21-45(29)70-53)37(9)69-38(10)66-34(6)52-26-60-68(40(12)79)36(8)50(77-60)22-46-30(2)42(14-18-62(82)83)54(71-46)28-56-44(16-20-64(86)87)32(4)48(73-56)24-58(66)75-52/h21-28,37-38,69,76-79H,13-20H2,1-12H3,(H,80,81)(H,82,83)(H,84,85)(H,86,87)/b45-21?,46-22?,55-27?,56-28?,57-23?,58-24?,59-25?,60-26?,67-39-,68-40+. The van der Waals surface area contributed by atoms with Crippen molar-refractivity contribution in [2.45, 2.75) is 147 Å². The molecule has 2 unspecified atom stereocenters. The van der Waals surface area contributed by atoms with Gasteiger partial charge in [-0.05, 0) is 235 Å². The van der Waals surface area contributed by atoms with Gasteiger partial charge in [0.05, 0.1) is 90.7 Å². The third-order valence-corrected chi connectivity index (χ3v) is 17.5. The first-order valence-corrected chi connectivity index (χ1v) is 29.1. The fourth-order valence-corrected chi connectivity index (χ4v) is 12.9. The van der Waals surface area contributed by atoms with Gasteiger partial charge in [-0.1, -0.05) is 0 Å². The van der Waals surface area contributed by atoms with Crippen molar-refractivity contribution in [3.05, 3.63) is 169 Å². The SMILES string of the molecule is CC1=C(CCC(=O)O)C2=CC3=NC(=Cc4[nH]c(/c(=C(/C)O)c4C)=CC4=NC(=CC1=N2)C(C(C)NC(C)C1=C(C)C2=NC1=CC1=NC(=CC5=NC(=Cc6[nH]c(/c(=C(\C)O)c6C)=C2)C(C)=C5CCC(=O)O)C(CCC(=O)O)=C1C)=C4C)C(C)=C3CCC(=O)O. The second-order valence-electron chi connectivity index (χ2n) is 23.2. The number of aliphatic carboxylic acids is 4. The zero-order chi connectivity index (χ0) is 62.8. The Balaban J connectivity index is 1.13. The van der Waals surface area contributed by atoms with Gasteiger partial charge in [-0.15, -0.1) is 0 Å². The van der Waals surface area contributed by atoms with Crippen LogP contribution in [0.5, 0.6) is 0 Å². The summed E-state index contributed by atoms with van der Waals surface area (Å²) in [5, 5.41) is 68.4. The lowest BCUT2D eigenvalue weighted by Crippen LogP contribution is -2.38. The molecule has 0 spiro atoms. The fraction of sp³-hybridized carbons (Fsp3) is 0.324. The van der Waals surface area contributed by atoms with E-state index in [-0.39, 0.29) is 62.9 Å². The summed E-state index contributed by atoms with van der Waals surface area (Å²) in [7, 11) is 0. The number of aromatic nitrogens is 2. The van der Waals surface area contributed by atoms with Crippen LogP contribution in [-0.2, 0) is 19.2 Å². The summed E-state index contributed by atoms with van der Waals surface area (Å²) >= 11 is 0. The molecule has 448 valence electrons. The predicted octanol–water partition coefficient (Wildman–Crippen LogP) is 9.29. The Hall–Kier alpha value is -9.62. The highest BCUT2D eigenvalue weighted by molar-refractivity contribution is 6.25. The number of rotatable bonds is 16. The van der Waals surface area contributed by atoms with Gasteiger partial charge >= 0.3 is 23.9 Å². The molecule has 10 heterocycles. The monoisotopic (exact) mass is 1170 g/mol. The fourth-order valence-electron chi connectivity index (χ4n) is 12.9. The molecule has 2 atom stereocenters. The summed E-state index contributed by atoms with van der Waals surface area (Å²) in [6, 6.07) is -0.854. The maximum atomic E-state index is 12.1. The number of carboxylic acid groups (broad SMARTS) is 4. The molecule has 8 aliphatic heterocycles. The van der Waals surface area contributed by atoms with Gasteiger partial charge in [0.15, 0.2) is 0 Å². The molecule has 10 rings (SSSR count). The zero-order valence-electron chi connectivity index (χ0n) is 50.9. The lowest BCUT2D eigenvalue weighted by atomic mass is 9.93. The van der Waals surface area contributed by atoms with Crippen LogP contribution in [0.15, 0.2) is 155 Å². The Bertz CT molecular complexity index is 4160. The van der Waals surface area contributed by atoms with Crippen molar-refractivity contribution < 1.29 is 49.8 Å². The van der Waals surface area contributed by atoms with Crippen molar-refractivity contribution in [2.75, 3.05) is 0 Å². The maximum Gasteiger partial charge on any atom is 0.303 e. The van der Waals surface area contributed by atoms with Crippen molar-refractivity contribution in [3.8, 4) is 0 Å². The first-order valence-electron chi connectivity index (χ1n) is 29.1. The summed E-state index contributed by atoms with van der Waals surface area (Å²) in [4.78, 5) is 86.5. The zero-order valence-corrected chi connectivity index (χ0v) is 50.9. The molecule has 87 heavy (non-hydrogen) atoms. The number of carboxylic acids is 4. The van der Waals surface area contributed by atoms with Gasteiger partial charge in [-0.3, -0.25) is 19.2 Å². The van der Waals surface area contributed by atoms with Gasteiger partial charge in [-0.2, -0.15) is 0 Å². The smallest absolute Gasteiger partial charge is 0.303 e. The van der Waals surface area contributed by atoms with E-state index in [1.807, 2.05) is 104 Å². The Kier molecular flexibility index (Phi) is 16.5. The lowest BCUT2D eigenvalue weighted by molar-refractivity contribution is -0.137. The summed E-state index contributed by atoms with van der Waals surface area (Å²) in [5.41, 5.74) is 19.1. The van der Waals surface area contributed by atoms with E-state index in [9.17, 15) is 49.8 Å². The number of H-pyrrole nitrogens is 2. The molecule has 0 saturated heterocycles. The Morgan fingerprint density at radius 3 is 1.02 bits per heavy atom. The molecule has 19 heteroatoms. The van der Waals surface area contributed by atoms with E-state index in [0.29, 0.717) is 101 Å². The lowest BCUT2D eigenvalue weighted by Gasteiger charge is -2.24. The molecule has 0 aliphatic carbocycles. The van der Waals surface area contributed by atoms with Gasteiger partial charge in [0.1, 0.15) is 0 Å². The van der Waals surface area contributed by atoms with Crippen LogP contribution in [0.4, 0.5) is 0 Å². The second-order valence-corrected chi connectivity index (χ2v) is 23.2. The minimum Gasteiger partial charge on any atom is -0.512 e. The van der Waals surface area contributed by atoms with Gasteiger partial charge in [0, 0.05) is 59.6 Å². The number of aliphatic imine (C=N–C) groups is 6. The number of nitrogens with one attached hydrogen (secondary N) is 3. The third-order valence-electron chi connectivity index (χ3n) is 17.5. The molecule has 9 N–H and O–H groups in total. The molecule has 0 amide bonds. The highest BCUT2D eigenvalue weighted by Gasteiger charge is 2.34. The van der Waals surface area contributed by atoms with Crippen molar-refractivity contribution in [2.24, 2.45) is 30.0 Å². The Labute approximate surface area is 502 Å². The number of nitrogens with zero attached hydrogens (tertiary/aromatic N) is 6. The van der Waals surface area contributed by atoms with Gasteiger partial charge in [0.2, 0.25) is 0 Å². The van der Waals surface area contributed by atoms with Gasteiger partial charge < -0.3 is 45.9 Å². The maximum absolute atomic E-state index is 12.1. The molecule has 0 radical (unpaired) electrons. The second kappa shape index (κ2) is 23.7. The Morgan fingerprint density at radius 2 is 0.690 bits per heavy atom.